The van der Waals surface area contributed by atoms with Crippen molar-refractivity contribution in [2.45, 2.75) is 26.5 Å². The summed E-state index contributed by atoms with van der Waals surface area (Å²) in [7, 11) is 1.50. The maximum Gasteiger partial charge on any atom is 0.314 e. The molecule has 0 aromatic heterocycles. The summed E-state index contributed by atoms with van der Waals surface area (Å²) in [5.41, 5.74) is 0.926. The first-order valence-electron chi connectivity index (χ1n) is 7.91. The molecule has 24 heavy (non-hydrogen) atoms. The summed E-state index contributed by atoms with van der Waals surface area (Å²) in [6, 6.07) is 11.5. The van der Waals surface area contributed by atoms with E-state index in [2.05, 4.69) is 16.0 Å². The van der Waals surface area contributed by atoms with Crippen LogP contribution in [0.4, 0.5) is 4.79 Å². The number of benzene rings is 2. The zero-order chi connectivity index (χ0) is 17.5. The molecular weight excluding hydrogens is 306 g/mol. The van der Waals surface area contributed by atoms with Crippen LogP contribution in [0.25, 0.3) is 10.8 Å². The number of nitrogens with one attached hydrogen (secondary N) is 3. The lowest BCUT2D eigenvalue weighted by Crippen LogP contribution is -2.40. The standard InChI is InChI=1S/C18H23N3O3/c1-12(2)24-16-9-8-13-6-4-5-7-14(13)15(16)10-20-17(22)11-21-18(23)19-3/h4-9,12H,10-11H2,1-3H3,(H,20,22)(H2,19,21,23). The molecule has 2 rings (SSSR count). The van der Waals surface area contributed by atoms with Gasteiger partial charge in [-0.05, 0) is 30.7 Å². The fraction of sp³-hybridized carbons (Fsp3) is 0.333. The zero-order valence-electron chi connectivity index (χ0n) is 14.2. The van der Waals surface area contributed by atoms with Gasteiger partial charge in [-0.2, -0.15) is 0 Å². The average molecular weight is 329 g/mol. The van der Waals surface area contributed by atoms with Crippen LogP contribution in [0.1, 0.15) is 19.4 Å². The minimum atomic E-state index is -0.390. The van der Waals surface area contributed by atoms with Crippen molar-refractivity contribution in [2.75, 3.05) is 13.6 Å². The fourth-order valence-electron chi connectivity index (χ4n) is 2.36. The van der Waals surface area contributed by atoms with Crippen molar-refractivity contribution in [1.29, 1.82) is 0 Å². The maximum absolute atomic E-state index is 11.9. The number of amides is 3. The van der Waals surface area contributed by atoms with Crippen molar-refractivity contribution in [3.8, 4) is 5.75 Å². The third-order valence-corrected chi connectivity index (χ3v) is 3.46. The largest absolute Gasteiger partial charge is 0.491 e. The molecule has 6 heteroatoms. The molecule has 0 bridgehead atoms. The first-order valence-corrected chi connectivity index (χ1v) is 7.91. The first-order chi connectivity index (χ1) is 11.5. The van der Waals surface area contributed by atoms with Crippen molar-refractivity contribution in [2.24, 2.45) is 0 Å². The van der Waals surface area contributed by atoms with Gasteiger partial charge in [-0.3, -0.25) is 4.79 Å². The van der Waals surface area contributed by atoms with Gasteiger partial charge in [-0.25, -0.2) is 4.79 Å². The van der Waals surface area contributed by atoms with Crippen LogP contribution in [0, 0.1) is 0 Å². The van der Waals surface area contributed by atoms with Gasteiger partial charge in [0.15, 0.2) is 0 Å². The molecule has 3 amide bonds. The van der Waals surface area contributed by atoms with Gasteiger partial charge in [-0.15, -0.1) is 0 Å². The predicted octanol–water partition coefficient (Wildman–Crippen LogP) is 2.17. The molecule has 0 spiro atoms. The number of carbonyl (C=O) groups excluding carboxylic acids is 2. The Balaban J connectivity index is 2.16. The lowest BCUT2D eigenvalue weighted by molar-refractivity contribution is -0.120. The third kappa shape index (κ3) is 4.62. The van der Waals surface area contributed by atoms with Crippen LogP contribution in [-0.2, 0) is 11.3 Å². The van der Waals surface area contributed by atoms with E-state index in [9.17, 15) is 9.59 Å². The number of ether oxygens (including phenoxy) is 1. The summed E-state index contributed by atoms with van der Waals surface area (Å²) in [5.74, 6) is 0.491. The number of carbonyl (C=O) groups is 2. The van der Waals surface area contributed by atoms with E-state index in [0.29, 0.717) is 6.54 Å². The summed E-state index contributed by atoms with van der Waals surface area (Å²) in [4.78, 5) is 23.0. The van der Waals surface area contributed by atoms with Crippen LogP contribution in [0.5, 0.6) is 5.75 Å². The molecule has 0 radical (unpaired) electrons. The summed E-state index contributed by atoms with van der Waals surface area (Å²) in [6.07, 6.45) is 0.0375. The Morgan fingerprint density at radius 2 is 1.83 bits per heavy atom. The normalized spacial score (nSPS) is 10.5. The lowest BCUT2D eigenvalue weighted by atomic mass is 10.0. The van der Waals surface area contributed by atoms with Gasteiger partial charge in [0.05, 0.1) is 12.6 Å². The second kappa shape index (κ2) is 8.19. The summed E-state index contributed by atoms with van der Waals surface area (Å²) in [5, 5.41) is 9.80. The molecular formula is C18H23N3O3. The molecule has 0 saturated heterocycles. The van der Waals surface area contributed by atoms with Crippen LogP contribution in [0.15, 0.2) is 36.4 Å². The molecule has 2 aromatic carbocycles. The number of fused-ring (bicyclic) bond motifs is 1. The molecule has 128 valence electrons. The maximum atomic E-state index is 11.9. The Bertz CT molecular complexity index is 729. The Morgan fingerprint density at radius 1 is 1.08 bits per heavy atom. The molecule has 6 nitrogen and oxygen atoms in total. The van der Waals surface area contributed by atoms with Gasteiger partial charge < -0.3 is 20.7 Å². The molecule has 0 aliphatic rings. The highest BCUT2D eigenvalue weighted by molar-refractivity contribution is 5.89. The van der Waals surface area contributed by atoms with Crippen molar-refractivity contribution < 1.29 is 14.3 Å². The molecule has 0 saturated carbocycles. The van der Waals surface area contributed by atoms with E-state index in [1.165, 1.54) is 7.05 Å². The van der Waals surface area contributed by atoms with Gasteiger partial charge in [0.25, 0.3) is 0 Å². The zero-order valence-corrected chi connectivity index (χ0v) is 14.2. The second-order valence-electron chi connectivity index (χ2n) is 5.64. The van der Waals surface area contributed by atoms with Gasteiger partial charge in [0.1, 0.15) is 5.75 Å². The summed E-state index contributed by atoms with van der Waals surface area (Å²) < 4.78 is 5.87. The molecule has 0 aliphatic heterocycles. The predicted molar refractivity (Wildman–Crippen MR) is 94.0 cm³/mol. The van der Waals surface area contributed by atoms with E-state index in [0.717, 1.165) is 22.1 Å². The first kappa shape index (κ1) is 17.6. The number of rotatable bonds is 6. The van der Waals surface area contributed by atoms with Crippen molar-refractivity contribution in [3.63, 3.8) is 0 Å². The lowest BCUT2D eigenvalue weighted by Gasteiger charge is -2.17. The Kier molecular flexibility index (Phi) is 6.01. The number of hydrogen-bond acceptors (Lipinski definition) is 3. The van der Waals surface area contributed by atoms with E-state index in [1.807, 2.05) is 50.2 Å². The Morgan fingerprint density at radius 3 is 2.54 bits per heavy atom. The van der Waals surface area contributed by atoms with Gasteiger partial charge in [0, 0.05) is 19.2 Å². The third-order valence-electron chi connectivity index (χ3n) is 3.46. The van der Waals surface area contributed by atoms with E-state index in [-0.39, 0.29) is 24.6 Å². The molecule has 0 atom stereocenters. The van der Waals surface area contributed by atoms with Crippen LogP contribution in [0.3, 0.4) is 0 Å². The summed E-state index contributed by atoms with van der Waals surface area (Å²) in [6.45, 7) is 4.18. The summed E-state index contributed by atoms with van der Waals surface area (Å²) >= 11 is 0. The quantitative estimate of drug-likeness (QED) is 0.760. The topological polar surface area (TPSA) is 79.5 Å². The van der Waals surface area contributed by atoms with E-state index in [1.54, 1.807) is 0 Å². The molecule has 0 fully saturated rings. The molecule has 3 N–H and O–H groups in total. The molecule has 0 aliphatic carbocycles. The Labute approximate surface area is 141 Å². The van der Waals surface area contributed by atoms with E-state index in [4.69, 9.17) is 4.74 Å². The SMILES string of the molecule is CNC(=O)NCC(=O)NCc1c(OC(C)C)ccc2ccccc12. The smallest absolute Gasteiger partial charge is 0.314 e. The highest BCUT2D eigenvalue weighted by Gasteiger charge is 2.12. The van der Waals surface area contributed by atoms with Crippen molar-refractivity contribution >= 4 is 22.7 Å². The van der Waals surface area contributed by atoms with Crippen LogP contribution < -0.4 is 20.7 Å². The van der Waals surface area contributed by atoms with Crippen LogP contribution in [-0.4, -0.2) is 31.6 Å². The fourth-order valence-corrected chi connectivity index (χ4v) is 2.36. The van der Waals surface area contributed by atoms with Crippen molar-refractivity contribution in [1.82, 2.24) is 16.0 Å². The molecule has 2 aromatic rings. The van der Waals surface area contributed by atoms with Crippen molar-refractivity contribution in [3.05, 3.63) is 42.0 Å². The van der Waals surface area contributed by atoms with E-state index < -0.39 is 0 Å². The van der Waals surface area contributed by atoms with Gasteiger partial charge in [0.2, 0.25) is 5.91 Å². The average Bonchev–Trinajstić information content (AvgIpc) is 2.58. The number of urea groups is 1. The molecule has 0 heterocycles. The van der Waals surface area contributed by atoms with Gasteiger partial charge >= 0.3 is 6.03 Å². The highest BCUT2D eigenvalue weighted by atomic mass is 16.5. The second-order valence-corrected chi connectivity index (χ2v) is 5.64. The number of hydrogen-bond donors (Lipinski definition) is 3. The minimum Gasteiger partial charge on any atom is -0.491 e. The Hall–Kier alpha value is -2.76. The molecule has 0 unspecified atom stereocenters. The van der Waals surface area contributed by atoms with Crippen LogP contribution >= 0.6 is 0 Å². The monoisotopic (exact) mass is 329 g/mol. The highest BCUT2D eigenvalue weighted by Crippen LogP contribution is 2.28. The van der Waals surface area contributed by atoms with E-state index >= 15 is 0 Å². The van der Waals surface area contributed by atoms with Gasteiger partial charge in [-0.1, -0.05) is 30.3 Å². The van der Waals surface area contributed by atoms with Crippen LogP contribution in [0.2, 0.25) is 0 Å². The minimum absolute atomic E-state index is 0.0375.